The summed E-state index contributed by atoms with van der Waals surface area (Å²) in [4.78, 5) is 0. The third kappa shape index (κ3) is 0.751. The van der Waals surface area contributed by atoms with Crippen molar-refractivity contribution in [3.05, 3.63) is 0 Å². The first-order valence-electron chi connectivity index (χ1n) is 8.59. The minimum absolute atomic E-state index is 0.651. The van der Waals surface area contributed by atoms with Crippen molar-refractivity contribution in [2.45, 2.75) is 57.0 Å². The van der Waals surface area contributed by atoms with Crippen molar-refractivity contribution in [2.24, 2.45) is 47.3 Å². The Kier molecular flexibility index (Phi) is 1.47. The van der Waals surface area contributed by atoms with Gasteiger partial charge >= 0.3 is 0 Å². The van der Waals surface area contributed by atoms with E-state index in [2.05, 4.69) is 12.2 Å². The summed E-state index contributed by atoms with van der Waals surface area (Å²) < 4.78 is 0. The number of hydrogen-bond acceptors (Lipinski definition) is 1. The van der Waals surface area contributed by atoms with E-state index in [4.69, 9.17) is 0 Å². The summed E-state index contributed by atoms with van der Waals surface area (Å²) in [6.07, 6.45) is 9.36. The molecule has 5 aliphatic carbocycles. The number of rotatable bonds is 0. The number of hydrogen-bond donors (Lipinski definition) is 1. The molecule has 1 N–H and O–H groups in total. The van der Waals surface area contributed by atoms with Crippen LogP contribution in [0.3, 0.4) is 0 Å². The molecule has 0 aromatic heterocycles. The van der Waals surface area contributed by atoms with Gasteiger partial charge in [-0.25, -0.2) is 0 Å². The molecule has 1 spiro atoms. The van der Waals surface area contributed by atoms with Gasteiger partial charge in [0, 0.05) is 11.6 Å². The Morgan fingerprint density at radius 1 is 0.778 bits per heavy atom. The quantitative estimate of drug-likeness (QED) is 0.645. The first kappa shape index (κ1) is 9.80. The van der Waals surface area contributed by atoms with Crippen LogP contribution in [-0.4, -0.2) is 11.6 Å². The second kappa shape index (κ2) is 2.71. The second-order valence-corrected chi connectivity index (χ2v) is 8.64. The lowest BCUT2D eigenvalue weighted by atomic mass is 9.39. The van der Waals surface area contributed by atoms with Crippen LogP contribution in [0.2, 0.25) is 0 Å². The summed E-state index contributed by atoms with van der Waals surface area (Å²) >= 11 is 0. The third-order valence-electron chi connectivity index (χ3n) is 8.65. The molecule has 1 heteroatoms. The molecule has 6 rings (SSSR count). The third-order valence-corrected chi connectivity index (χ3v) is 8.65. The van der Waals surface area contributed by atoms with Gasteiger partial charge in [0.1, 0.15) is 0 Å². The molecule has 1 saturated heterocycles. The maximum absolute atomic E-state index is 4.16. The highest BCUT2D eigenvalue weighted by Crippen LogP contribution is 2.81. The molecule has 9 unspecified atom stereocenters. The molecule has 6 aliphatic rings. The van der Waals surface area contributed by atoms with Crippen molar-refractivity contribution in [2.75, 3.05) is 0 Å². The van der Waals surface area contributed by atoms with Crippen LogP contribution in [0.4, 0.5) is 0 Å². The topological polar surface area (TPSA) is 12.0 Å². The van der Waals surface area contributed by atoms with E-state index >= 15 is 0 Å². The Labute approximate surface area is 110 Å². The van der Waals surface area contributed by atoms with Crippen LogP contribution in [0.15, 0.2) is 0 Å². The lowest BCUT2D eigenvalue weighted by molar-refractivity contribution is -0.173. The van der Waals surface area contributed by atoms with Crippen LogP contribution in [0, 0.1) is 47.3 Å². The van der Waals surface area contributed by atoms with Gasteiger partial charge in [-0.15, -0.1) is 0 Å². The fourth-order valence-corrected chi connectivity index (χ4v) is 8.22. The first-order chi connectivity index (χ1) is 8.81. The molecule has 1 heterocycles. The minimum atomic E-state index is 0.651. The molecule has 1 aliphatic heterocycles. The average Bonchev–Trinajstić information content (AvgIpc) is 2.79. The highest BCUT2D eigenvalue weighted by atomic mass is 15.1. The molecule has 5 saturated carbocycles. The maximum atomic E-state index is 4.16. The smallest absolute Gasteiger partial charge is 0.0252 e. The normalized spacial score (nSPS) is 74.2. The van der Waals surface area contributed by atoms with E-state index in [0.717, 1.165) is 29.7 Å². The zero-order valence-corrected chi connectivity index (χ0v) is 11.4. The first-order valence-corrected chi connectivity index (χ1v) is 8.59. The van der Waals surface area contributed by atoms with Crippen LogP contribution in [-0.2, 0) is 0 Å². The zero-order valence-electron chi connectivity index (χ0n) is 11.4. The zero-order chi connectivity index (χ0) is 11.6. The lowest BCUT2D eigenvalue weighted by Gasteiger charge is -2.65. The Morgan fingerprint density at radius 3 is 1.72 bits per heavy atom. The van der Waals surface area contributed by atoms with E-state index in [1.165, 1.54) is 36.5 Å². The van der Waals surface area contributed by atoms with Gasteiger partial charge in [0.25, 0.3) is 0 Å². The van der Waals surface area contributed by atoms with E-state index in [-0.39, 0.29) is 0 Å². The predicted octanol–water partition coefficient (Wildman–Crippen LogP) is 3.06. The molecule has 98 valence electrons. The van der Waals surface area contributed by atoms with Crippen molar-refractivity contribution in [1.82, 2.24) is 5.32 Å². The Bertz CT molecular complexity index is 399. The van der Waals surface area contributed by atoms with Gasteiger partial charge < -0.3 is 5.32 Å². The van der Waals surface area contributed by atoms with Crippen molar-refractivity contribution in [3.63, 3.8) is 0 Å². The lowest BCUT2D eigenvalue weighted by Crippen LogP contribution is -2.59. The largest absolute Gasteiger partial charge is 0.308 e. The fraction of sp³-hybridized carbons (Fsp3) is 1.00. The molecule has 18 heavy (non-hydrogen) atoms. The number of fused-ring (bicyclic) bond motifs is 9. The van der Waals surface area contributed by atoms with Gasteiger partial charge in [0.05, 0.1) is 0 Å². The molecule has 6 fully saturated rings. The van der Waals surface area contributed by atoms with Gasteiger partial charge in [-0.3, -0.25) is 0 Å². The predicted molar refractivity (Wildman–Crippen MR) is 71.0 cm³/mol. The van der Waals surface area contributed by atoms with E-state index in [1.807, 2.05) is 0 Å². The van der Waals surface area contributed by atoms with Gasteiger partial charge in [0.2, 0.25) is 0 Å². The Balaban J connectivity index is 1.49. The molecular formula is C17H25N. The summed E-state index contributed by atoms with van der Waals surface area (Å²) in [7, 11) is 0. The van der Waals surface area contributed by atoms with Gasteiger partial charge in [-0.05, 0) is 92.8 Å². The molecule has 9 atom stereocenters. The Morgan fingerprint density at radius 2 is 1.33 bits per heavy atom. The highest BCUT2D eigenvalue weighted by molar-refractivity contribution is 5.31. The van der Waals surface area contributed by atoms with E-state index in [9.17, 15) is 0 Å². The summed E-state index contributed by atoms with van der Waals surface area (Å²) in [5, 5.41) is 4.16. The van der Waals surface area contributed by atoms with Crippen molar-refractivity contribution < 1.29 is 0 Å². The van der Waals surface area contributed by atoms with Crippen LogP contribution in [0.25, 0.3) is 0 Å². The fourth-order valence-electron chi connectivity index (χ4n) is 8.22. The molecular weight excluding hydrogens is 218 g/mol. The van der Waals surface area contributed by atoms with Crippen molar-refractivity contribution >= 4 is 0 Å². The van der Waals surface area contributed by atoms with E-state index in [0.29, 0.717) is 5.54 Å². The molecule has 1 nitrogen and oxygen atoms in total. The van der Waals surface area contributed by atoms with Gasteiger partial charge in [-0.2, -0.15) is 0 Å². The molecule has 0 aromatic carbocycles. The van der Waals surface area contributed by atoms with Crippen LogP contribution in [0.1, 0.15) is 45.4 Å². The molecule has 0 aromatic rings. The standard InChI is InChI=1S/C17H25N/c1-8-6-7-17(18-8)15-11-4-5-12(11)16(17)14-10-3-2-9(10)13(14)15/h8-16,18H,2-7H2,1H3. The highest BCUT2D eigenvalue weighted by Gasteiger charge is 2.80. The summed E-state index contributed by atoms with van der Waals surface area (Å²) in [5.41, 5.74) is 0.651. The van der Waals surface area contributed by atoms with Crippen LogP contribution < -0.4 is 5.32 Å². The van der Waals surface area contributed by atoms with Crippen LogP contribution in [0.5, 0.6) is 0 Å². The van der Waals surface area contributed by atoms with E-state index < -0.39 is 0 Å². The van der Waals surface area contributed by atoms with Gasteiger partial charge in [-0.1, -0.05) is 0 Å². The molecule has 2 bridgehead atoms. The van der Waals surface area contributed by atoms with Gasteiger partial charge in [0.15, 0.2) is 0 Å². The Hall–Kier alpha value is -0.0400. The van der Waals surface area contributed by atoms with E-state index in [1.54, 1.807) is 25.7 Å². The van der Waals surface area contributed by atoms with Crippen LogP contribution >= 0.6 is 0 Å². The number of nitrogens with one attached hydrogen (secondary N) is 1. The molecule has 0 radical (unpaired) electrons. The summed E-state index contributed by atoms with van der Waals surface area (Å²) in [6, 6.07) is 0.808. The molecule has 0 amide bonds. The minimum Gasteiger partial charge on any atom is -0.308 e. The SMILES string of the molecule is CC1CCC2(N1)C1C3CCC3C2C2C3CCC3C21. The summed E-state index contributed by atoms with van der Waals surface area (Å²) in [5.74, 6) is 9.34. The van der Waals surface area contributed by atoms with Crippen molar-refractivity contribution in [3.8, 4) is 0 Å². The average molecular weight is 243 g/mol. The van der Waals surface area contributed by atoms with Crippen molar-refractivity contribution in [1.29, 1.82) is 0 Å². The maximum Gasteiger partial charge on any atom is 0.0252 e. The second-order valence-electron chi connectivity index (χ2n) is 8.64. The monoisotopic (exact) mass is 243 g/mol. The summed E-state index contributed by atoms with van der Waals surface area (Å²) in [6.45, 7) is 2.44.